The summed E-state index contributed by atoms with van der Waals surface area (Å²) in [4.78, 5) is 13.5. The predicted molar refractivity (Wildman–Crippen MR) is 168 cm³/mol. The number of hydrogen-bond donors (Lipinski definition) is 4. The zero-order valence-electron chi connectivity index (χ0n) is 25.7. The lowest BCUT2D eigenvalue weighted by atomic mass is 9.85. The van der Waals surface area contributed by atoms with Crippen LogP contribution in [-0.4, -0.2) is 44.4 Å². The van der Waals surface area contributed by atoms with Crippen molar-refractivity contribution >= 4 is 23.5 Å². The summed E-state index contributed by atoms with van der Waals surface area (Å²) < 4.78 is 5.78. The zero-order chi connectivity index (χ0) is 30.2. The van der Waals surface area contributed by atoms with Gasteiger partial charge >= 0.3 is 0 Å². The van der Waals surface area contributed by atoms with Gasteiger partial charge in [0.05, 0.1) is 30.4 Å². The van der Waals surface area contributed by atoms with E-state index in [0.29, 0.717) is 41.0 Å². The van der Waals surface area contributed by atoms with Crippen LogP contribution in [0.3, 0.4) is 0 Å². The molecule has 0 aliphatic rings. The Morgan fingerprint density at radius 1 is 1.18 bits per heavy atom. The molecule has 2 aromatic rings. The Bertz CT molecular complexity index is 1270. The van der Waals surface area contributed by atoms with Crippen LogP contribution >= 0.6 is 0 Å². The van der Waals surface area contributed by atoms with Crippen LogP contribution in [0.5, 0.6) is 5.75 Å². The lowest BCUT2D eigenvalue weighted by Gasteiger charge is -2.24. The molecular formula is C31H47N7O2. The SMILES string of the molecule is C/C=C(/C=N\N(C)C)C(\N)=C\N(N)c1cc(C(=O)Nc2cc(C(C)(C)C)cc(CNC(C)C)c2OC)ccc1C. The summed E-state index contributed by atoms with van der Waals surface area (Å²) in [6.07, 6.45) is 5.14. The average molecular weight is 550 g/mol. The predicted octanol–water partition coefficient (Wildman–Crippen LogP) is 5.03. The molecule has 2 aromatic carbocycles. The number of hydrogen-bond acceptors (Lipinski definition) is 8. The normalized spacial score (nSPS) is 12.7. The highest BCUT2D eigenvalue weighted by Gasteiger charge is 2.21. The zero-order valence-corrected chi connectivity index (χ0v) is 25.7. The number of benzene rings is 2. The highest BCUT2D eigenvalue weighted by Crippen LogP contribution is 2.36. The van der Waals surface area contributed by atoms with Crippen molar-refractivity contribution in [2.75, 3.05) is 31.5 Å². The maximum absolute atomic E-state index is 13.5. The summed E-state index contributed by atoms with van der Waals surface area (Å²) in [5.74, 6) is 6.76. The third kappa shape index (κ3) is 8.86. The molecule has 0 fully saturated rings. The number of ether oxygens (including phenoxy) is 1. The molecule has 218 valence electrons. The van der Waals surface area contributed by atoms with Gasteiger partial charge in [0.2, 0.25) is 0 Å². The van der Waals surface area contributed by atoms with Gasteiger partial charge in [-0.05, 0) is 48.6 Å². The second kappa shape index (κ2) is 14.0. The number of anilines is 2. The number of hydrazone groups is 1. The highest BCUT2D eigenvalue weighted by atomic mass is 16.5. The Morgan fingerprint density at radius 3 is 2.40 bits per heavy atom. The first-order valence-corrected chi connectivity index (χ1v) is 13.4. The summed E-state index contributed by atoms with van der Waals surface area (Å²) in [6.45, 7) is 15.0. The van der Waals surface area contributed by atoms with E-state index < -0.39 is 0 Å². The van der Waals surface area contributed by atoms with E-state index in [1.54, 1.807) is 36.7 Å². The summed E-state index contributed by atoms with van der Waals surface area (Å²) in [7, 11) is 5.28. The van der Waals surface area contributed by atoms with Crippen molar-refractivity contribution in [3.8, 4) is 5.75 Å². The molecule has 0 heterocycles. The van der Waals surface area contributed by atoms with Gasteiger partial charge in [0.1, 0.15) is 5.75 Å². The number of carbonyl (C=O) groups is 1. The lowest BCUT2D eigenvalue weighted by Crippen LogP contribution is -2.28. The monoisotopic (exact) mass is 549 g/mol. The van der Waals surface area contributed by atoms with Crippen molar-refractivity contribution in [2.24, 2.45) is 16.7 Å². The fourth-order valence-electron chi connectivity index (χ4n) is 3.91. The molecule has 0 aliphatic carbocycles. The number of hydrazine groups is 1. The minimum atomic E-state index is -0.272. The maximum Gasteiger partial charge on any atom is 0.255 e. The van der Waals surface area contributed by atoms with E-state index in [-0.39, 0.29) is 11.3 Å². The molecule has 0 radical (unpaired) electrons. The Balaban J connectivity index is 2.44. The van der Waals surface area contributed by atoms with Crippen LogP contribution in [0.2, 0.25) is 0 Å². The van der Waals surface area contributed by atoms with Crippen molar-refractivity contribution in [2.45, 2.75) is 66.5 Å². The van der Waals surface area contributed by atoms with Crippen molar-refractivity contribution < 1.29 is 9.53 Å². The highest BCUT2D eigenvalue weighted by molar-refractivity contribution is 6.06. The number of nitrogens with two attached hydrogens (primary N) is 2. The van der Waals surface area contributed by atoms with Crippen LogP contribution in [0.4, 0.5) is 11.4 Å². The van der Waals surface area contributed by atoms with Gasteiger partial charge in [-0.2, -0.15) is 5.10 Å². The largest absolute Gasteiger partial charge is 0.494 e. The fourth-order valence-corrected chi connectivity index (χ4v) is 3.91. The number of nitrogens with zero attached hydrogens (tertiary/aromatic N) is 3. The van der Waals surface area contributed by atoms with Gasteiger partial charge in [-0.15, -0.1) is 0 Å². The molecule has 0 saturated heterocycles. The second-order valence-electron chi connectivity index (χ2n) is 11.3. The Hall–Kier alpha value is -3.82. The summed E-state index contributed by atoms with van der Waals surface area (Å²) >= 11 is 0. The first-order valence-electron chi connectivity index (χ1n) is 13.4. The van der Waals surface area contributed by atoms with Crippen molar-refractivity contribution in [1.29, 1.82) is 0 Å². The van der Waals surface area contributed by atoms with Gasteiger partial charge in [0, 0.05) is 49.6 Å². The molecule has 0 spiro atoms. The van der Waals surface area contributed by atoms with Crippen molar-refractivity contribution in [3.05, 3.63) is 76.1 Å². The summed E-state index contributed by atoms with van der Waals surface area (Å²) in [5.41, 5.74) is 12.0. The fraction of sp³-hybridized carbons (Fsp3) is 0.419. The molecule has 6 N–H and O–H groups in total. The third-order valence-corrected chi connectivity index (χ3v) is 6.28. The standard InChI is InChI=1S/C31H47N7O2/c1-11-22(18-35-37(8)9)26(32)19-38(33)28-15-23(13-12-21(28)4)30(39)36-27-16-25(31(5,6)7)14-24(29(27)40-10)17-34-20(2)3/h11-16,18-20,34H,17,32-33H2,1-10H3,(H,36,39)/b22-11-,26-19-,35-18-. The van der Waals surface area contributed by atoms with Gasteiger partial charge in [0.25, 0.3) is 5.91 Å². The number of methoxy groups -OCH3 is 1. The third-order valence-electron chi connectivity index (χ3n) is 6.28. The quantitative estimate of drug-likeness (QED) is 0.134. The second-order valence-corrected chi connectivity index (χ2v) is 11.3. The molecule has 0 saturated carbocycles. The number of aryl methyl sites for hydroxylation is 1. The molecule has 0 atom stereocenters. The minimum Gasteiger partial charge on any atom is -0.494 e. The molecule has 1 amide bonds. The minimum absolute atomic E-state index is 0.120. The van der Waals surface area contributed by atoms with Crippen molar-refractivity contribution in [1.82, 2.24) is 10.3 Å². The van der Waals surface area contributed by atoms with E-state index in [1.165, 1.54) is 5.01 Å². The van der Waals surface area contributed by atoms with Gasteiger partial charge < -0.3 is 26.1 Å². The first kappa shape index (κ1) is 32.4. The molecule has 0 unspecified atom stereocenters. The maximum atomic E-state index is 13.5. The molecule has 2 rings (SSSR count). The molecule has 0 bridgehead atoms. The van der Waals surface area contributed by atoms with E-state index >= 15 is 0 Å². The lowest BCUT2D eigenvalue weighted by molar-refractivity contribution is 0.102. The summed E-state index contributed by atoms with van der Waals surface area (Å²) in [5, 5.41) is 13.9. The molecule has 9 heteroatoms. The number of carbonyl (C=O) groups excluding carboxylic acids is 1. The van der Waals surface area contributed by atoms with E-state index in [2.05, 4.69) is 56.4 Å². The molecule has 0 aromatic heterocycles. The molecule has 40 heavy (non-hydrogen) atoms. The van der Waals surface area contributed by atoms with Gasteiger partial charge in [0.15, 0.2) is 0 Å². The topological polar surface area (TPSA) is 121 Å². The van der Waals surface area contributed by atoms with E-state index in [4.69, 9.17) is 16.3 Å². The van der Waals surface area contributed by atoms with Crippen LogP contribution in [0.25, 0.3) is 0 Å². The number of amides is 1. The molecular weight excluding hydrogens is 502 g/mol. The Morgan fingerprint density at radius 2 is 1.85 bits per heavy atom. The van der Waals surface area contributed by atoms with Gasteiger partial charge in [-0.3, -0.25) is 9.80 Å². The molecule has 9 nitrogen and oxygen atoms in total. The first-order chi connectivity index (χ1) is 18.7. The smallest absolute Gasteiger partial charge is 0.255 e. The Labute approximate surface area is 239 Å². The number of allylic oxidation sites excluding steroid dienone is 2. The molecule has 0 aliphatic heterocycles. The van der Waals surface area contributed by atoms with Crippen molar-refractivity contribution in [3.63, 3.8) is 0 Å². The van der Waals surface area contributed by atoms with Crippen LogP contribution in [0.1, 0.15) is 68.6 Å². The van der Waals surface area contributed by atoms with Crippen LogP contribution in [0, 0.1) is 6.92 Å². The van der Waals surface area contributed by atoms with Crippen LogP contribution in [-0.2, 0) is 12.0 Å². The van der Waals surface area contributed by atoms with E-state index in [1.807, 2.05) is 46.2 Å². The average Bonchev–Trinajstić information content (AvgIpc) is 2.86. The Kier molecular flexibility index (Phi) is 11.3. The van der Waals surface area contributed by atoms with Crippen LogP contribution < -0.4 is 32.0 Å². The summed E-state index contributed by atoms with van der Waals surface area (Å²) in [6, 6.07) is 9.81. The van der Waals surface area contributed by atoms with E-state index in [0.717, 1.165) is 22.3 Å². The van der Waals surface area contributed by atoms with Crippen LogP contribution in [0.15, 0.2) is 59.0 Å². The van der Waals surface area contributed by atoms with E-state index in [9.17, 15) is 4.79 Å². The van der Waals surface area contributed by atoms with Gasteiger partial charge in [-0.25, -0.2) is 5.84 Å². The number of rotatable bonds is 11. The van der Waals surface area contributed by atoms with Gasteiger partial charge in [-0.1, -0.05) is 52.8 Å². The number of nitrogens with one attached hydrogen (secondary N) is 2.